The molecular formula is C14H20N2O3. The average Bonchev–Trinajstić information content (AvgIpc) is 2.36. The van der Waals surface area contributed by atoms with Crippen LogP contribution in [0.25, 0.3) is 0 Å². The fourth-order valence-electron chi connectivity index (χ4n) is 1.42. The monoisotopic (exact) mass is 264 g/mol. The maximum Gasteiger partial charge on any atom is 0.258 e. The third kappa shape index (κ3) is 5.90. The van der Waals surface area contributed by atoms with Gasteiger partial charge in [0.05, 0.1) is 0 Å². The first-order valence-electron chi connectivity index (χ1n) is 6.26. The van der Waals surface area contributed by atoms with E-state index in [9.17, 15) is 9.59 Å². The number of benzene rings is 1. The van der Waals surface area contributed by atoms with Gasteiger partial charge in [0.15, 0.2) is 6.61 Å². The number of carbonyl (C=O) groups excluding carboxylic acids is 2. The van der Waals surface area contributed by atoms with Crippen LogP contribution in [0.5, 0.6) is 5.75 Å². The molecule has 5 nitrogen and oxygen atoms in total. The van der Waals surface area contributed by atoms with Gasteiger partial charge in [-0.3, -0.25) is 9.59 Å². The van der Waals surface area contributed by atoms with E-state index in [0.717, 1.165) is 0 Å². The van der Waals surface area contributed by atoms with Crippen LogP contribution >= 0.6 is 0 Å². The largest absolute Gasteiger partial charge is 0.484 e. The van der Waals surface area contributed by atoms with Gasteiger partial charge in [0.25, 0.3) is 5.91 Å². The van der Waals surface area contributed by atoms with Crippen molar-refractivity contribution in [3.63, 3.8) is 0 Å². The molecule has 1 aromatic carbocycles. The maximum absolute atomic E-state index is 11.6. The van der Waals surface area contributed by atoms with Gasteiger partial charge >= 0.3 is 0 Å². The molecule has 1 aromatic rings. The lowest BCUT2D eigenvalue weighted by atomic mass is 10.3. The predicted molar refractivity (Wildman–Crippen MR) is 72.8 cm³/mol. The lowest BCUT2D eigenvalue weighted by molar-refractivity contribution is -0.129. The number of ether oxygens (including phenoxy) is 1. The van der Waals surface area contributed by atoms with E-state index in [2.05, 4.69) is 10.6 Å². The number of carbonyl (C=O) groups is 2. The number of rotatable bonds is 6. The number of hydrogen-bond acceptors (Lipinski definition) is 3. The Bertz CT molecular complexity index is 418. The van der Waals surface area contributed by atoms with Gasteiger partial charge < -0.3 is 15.4 Å². The van der Waals surface area contributed by atoms with Crippen molar-refractivity contribution in [3.8, 4) is 5.75 Å². The molecule has 0 heterocycles. The van der Waals surface area contributed by atoms with Crippen molar-refractivity contribution in [1.29, 1.82) is 0 Å². The lowest BCUT2D eigenvalue weighted by Gasteiger charge is -2.16. The third-order valence-electron chi connectivity index (χ3n) is 2.31. The normalized spacial score (nSPS) is 11.8. The van der Waals surface area contributed by atoms with Crippen LogP contribution in [0.3, 0.4) is 0 Å². The van der Waals surface area contributed by atoms with Crippen LogP contribution in [-0.4, -0.2) is 30.5 Å². The van der Waals surface area contributed by atoms with Gasteiger partial charge in [-0.1, -0.05) is 18.2 Å². The van der Waals surface area contributed by atoms with Crippen LogP contribution in [0.2, 0.25) is 0 Å². The van der Waals surface area contributed by atoms with Crippen molar-refractivity contribution in [2.24, 2.45) is 0 Å². The first kappa shape index (κ1) is 15.0. The summed E-state index contributed by atoms with van der Waals surface area (Å²) in [6, 6.07) is 8.52. The van der Waals surface area contributed by atoms with Crippen molar-refractivity contribution in [3.05, 3.63) is 30.3 Å². The molecule has 0 saturated heterocycles. The molecular weight excluding hydrogens is 244 g/mol. The van der Waals surface area contributed by atoms with Gasteiger partial charge in [-0.05, 0) is 32.9 Å². The summed E-state index contributed by atoms with van der Waals surface area (Å²) in [6.45, 7) is 5.26. The molecule has 0 aromatic heterocycles. The molecule has 0 spiro atoms. The smallest absolute Gasteiger partial charge is 0.258 e. The van der Waals surface area contributed by atoms with Gasteiger partial charge in [0.2, 0.25) is 5.91 Å². The summed E-state index contributed by atoms with van der Waals surface area (Å²) in [7, 11) is 0. The zero-order valence-electron chi connectivity index (χ0n) is 11.5. The second-order valence-electron chi connectivity index (χ2n) is 4.55. The quantitative estimate of drug-likeness (QED) is 0.808. The van der Waals surface area contributed by atoms with Crippen molar-refractivity contribution in [1.82, 2.24) is 10.6 Å². The third-order valence-corrected chi connectivity index (χ3v) is 2.31. The van der Waals surface area contributed by atoms with Crippen LogP contribution < -0.4 is 15.4 Å². The number of nitrogens with one attached hydrogen (secondary N) is 2. The van der Waals surface area contributed by atoms with Crippen molar-refractivity contribution < 1.29 is 14.3 Å². The molecule has 0 radical (unpaired) electrons. The summed E-state index contributed by atoms with van der Waals surface area (Å²) in [5.41, 5.74) is 0. The first-order chi connectivity index (χ1) is 8.99. The highest BCUT2D eigenvalue weighted by atomic mass is 16.5. The van der Waals surface area contributed by atoms with Crippen molar-refractivity contribution in [2.45, 2.75) is 32.9 Å². The van der Waals surface area contributed by atoms with Crippen LogP contribution in [-0.2, 0) is 9.59 Å². The molecule has 1 atom stereocenters. The summed E-state index contributed by atoms with van der Waals surface area (Å²) >= 11 is 0. The van der Waals surface area contributed by atoms with Gasteiger partial charge in [0.1, 0.15) is 11.8 Å². The number of para-hydroxylation sites is 1. The van der Waals surface area contributed by atoms with Crippen LogP contribution in [0.15, 0.2) is 30.3 Å². The average molecular weight is 264 g/mol. The fraction of sp³-hybridized carbons (Fsp3) is 0.429. The van der Waals surface area contributed by atoms with Gasteiger partial charge in [-0.2, -0.15) is 0 Å². The minimum Gasteiger partial charge on any atom is -0.484 e. The molecule has 0 unspecified atom stereocenters. The SMILES string of the molecule is CC(C)NC(=O)[C@H](C)NC(=O)COc1ccccc1. The Morgan fingerprint density at radius 2 is 1.74 bits per heavy atom. The molecule has 2 amide bonds. The summed E-state index contributed by atoms with van der Waals surface area (Å²) in [5.74, 6) is 0.0928. The second-order valence-corrected chi connectivity index (χ2v) is 4.55. The van der Waals surface area contributed by atoms with E-state index in [4.69, 9.17) is 4.74 Å². The molecule has 19 heavy (non-hydrogen) atoms. The second kappa shape index (κ2) is 7.41. The van der Waals surface area contributed by atoms with E-state index >= 15 is 0 Å². The Labute approximate surface area is 113 Å². The first-order valence-corrected chi connectivity index (χ1v) is 6.26. The molecule has 5 heteroatoms. The van der Waals surface area contributed by atoms with E-state index in [1.807, 2.05) is 32.0 Å². The molecule has 0 aliphatic rings. The highest BCUT2D eigenvalue weighted by molar-refractivity contribution is 5.87. The summed E-state index contributed by atoms with van der Waals surface area (Å²) in [5, 5.41) is 5.31. The van der Waals surface area contributed by atoms with Gasteiger partial charge in [0, 0.05) is 6.04 Å². The Balaban J connectivity index is 2.33. The Hall–Kier alpha value is -2.04. The molecule has 0 fully saturated rings. The highest BCUT2D eigenvalue weighted by Gasteiger charge is 2.16. The van der Waals surface area contributed by atoms with Gasteiger partial charge in [-0.15, -0.1) is 0 Å². The van der Waals surface area contributed by atoms with Crippen molar-refractivity contribution in [2.75, 3.05) is 6.61 Å². The van der Waals surface area contributed by atoms with Crippen LogP contribution in [0.4, 0.5) is 0 Å². The minimum atomic E-state index is -0.575. The highest BCUT2D eigenvalue weighted by Crippen LogP contribution is 2.07. The molecule has 104 valence electrons. The van der Waals surface area contributed by atoms with Gasteiger partial charge in [-0.25, -0.2) is 0 Å². The Morgan fingerprint density at radius 3 is 2.32 bits per heavy atom. The molecule has 0 saturated carbocycles. The van der Waals surface area contributed by atoms with E-state index < -0.39 is 6.04 Å². The van der Waals surface area contributed by atoms with Crippen LogP contribution in [0, 0.1) is 0 Å². The van der Waals surface area contributed by atoms with Crippen molar-refractivity contribution >= 4 is 11.8 Å². The van der Waals surface area contributed by atoms with Crippen LogP contribution in [0.1, 0.15) is 20.8 Å². The molecule has 0 aliphatic carbocycles. The molecule has 0 bridgehead atoms. The number of hydrogen-bond donors (Lipinski definition) is 2. The Kier molecular flexibility index (Phi) is 5.85. The maximum atomic E-state index is 11.6. The Morgan fingerprint density at radius 1 is 1.11 bits per heavy atom. The number of amides is 2. The topological polar surface area (TPSA) is 67.4 Å². The fourth-order valence-corrected chi connectivity index (χ4v) is 1.42. The zero-order chi connectivity index (χ0) is 14.3. The molecule has 0 aliphatic heterocycles. The molecule has 1 rings (SSSR count). The van der Waals surface area contributed by atoms with E-state index in [1.165, 1.54) is 0 Å². The summed E-state index contributed by atoms with van der Waals surface area (Å²) in [4.78, 5) is 23.2. The van der Waals surface area contributed by atoms with E-state index in [-0.39, 0.29) is 24.5 Å². The zero-order valence-corrected chi connectivity index (χ0v) is 11.5. The van der Waals surface area contributed by atoms with E-state index in [1.54, 1.807) is 19.1 Å². The molecule has 2 N–H and O–H groups in total. The standard InChI is InChI=1S/C14H20N2O3/c1-10(2)15-14(18)11(3)16-13(17)9-19-12-7-5-4-6-8-12/h4-8,10-11H,9H2,1-3H3,(H,15,18)(H,16,17)/t11-/m0/s1. The van der Waals surface area contributed by atoms with E-state index in [0.29, 0.717) is 5.75 Å². The lowest BCUT2D eigenvalue weighted by Crippen LogP contribution is -2.47. The minimum absolute atomic E-state index is 0.0485. The summed E-state index contributed by atoms with van der Waals surface area (Å²) < 4.78 is 5.29. The summed E-state index contributed by atoms with van der Waals surface area (Å²) in [6.07, 6.45) is 0. The predicted octanol–water partition coefficient (Wildman–Crippen LogP) is 1.09.